The summed E-state index contributed by atoms with van der Waals surface area (Å²) in [6.07, 6.45) is -5.58. The molecule has 0 saturated heterocycles. The van der Waals surface area contributed by atoms with E-state index in [-0.39, 0.29) is 0 Å². The first-order valence-electron chi connectivity index (χ1n) is 3.95. The molecule has 0 fully saturated rings. The summed E-state index contributed by atoms with van der Waals surface area (Å²) in [5.41, 5.74) is -5.62. The normalized spacial score (nSPS) is 15.6. The fraction of sp³-hybridized carbons (Fsp3) is 0.222. The second kappa shape index (κ2) is 3.93. The summed E-state index contributed by atoms with van der Waals surface area (Å²) in [5.74, 6) is -2.65. The van der Waals surface area contributed by atoms with Gasteiger partial charge in [0.25, 0.3) is 0 Å². The lowest BCUT2D eigenvalue weighted by Crippen LogP contribution is -2.45. The molecular weight excluding hydrogens is 252 g/mol. The van der Waals surface area contributed by atoms with E-state index in [1.807, 2.05) is 0 Å². The summed E-state index contributed by atoms with van der Waals surface area (Å²) >= 11 is 5.36. The third kappa shape index (κ3) is 1.84. The molecule has 1 atom stereocenters. The molecule has 16 heavy (non-hydrogen) atoms. The molecule has 0 amide bonds. The van der Waals surface area contributed by atoms with Crippen molar-refractivity contribution >= 4 is 17.6 Å². The van der Waals surface area contributed by atoms with Gasteiger partial charge in [0.1, 0.15) is 0 Å². The Bertz CT molecular complexity index is 418. The molecule has 0 spiro atoms. The Labute approximate surface area is 92.4 Å². The maximum Gasteiger partial charge on any atom is 0.438 e. The van der Waals surface area contributed by atoms with Crippen molar-refractivity contribution in [2.24, 2.45) is 0 Å². The van der Waals surface area contributed by atoms with Crippen LogP contribution in [0.4, 0.5) is 17.6 Å². The van der Waals surface area contributed by atoms with Crippen molar-refractivity contribution in [1.82, 2.24) is 0 Å². The summed E-state index contributed by atoms with van der Waals surface area (Å²) in [4.78, 5) is 10.5. The van der Waals surface area contributed by atoms with Crippen molar-refractivity contribution in [3.05, 3.63) is 34.9 Å². The number of halogens is 5. The Kier molecular flexibility index (Phi) is 3.14. The number of carboxylic acid groups (broad SMARTS) is 1. The number of rotatable bonds is 2. The highest BCUT2D eigenvalue weighted by molar-refractivity contribution is 6.31. The van der Waals surface area contributed by atoms with Gasteiger partial charge in [-0.1, -0.05) is 29.8 Å². The van der Waals surface area contributed by atoms with Crippen molar-refractivity contribution in [3.8, 4) is 0 Å². The maximum absolute atomic E-state index is 13.6. The average Bonchev–Trinajstić information content (AvgIpc) is 2.15. The van der Waals surface area contributed by atoms with Crippen LogP contribution in [0.3, 0.4) is 0 Å². The highest BCUT2D eigenvalue weighted by Gasteiger charge is 2.64. The lowest BCUT2D eigenvalue weighted by molar-refractivity contribution is -0.240. The highest BCUT2D eigenvalue weighted by atomic mass is 35.5. The minimum absolute atomic E-state index is 0.593. The smallest absolute Gasteiger partial charge is 0.438 e. The topological polar surface area (TPSA) is 37.3 Å². The minimum Gasteiger partial charge on any atom is -0.478 e. The average molecular weight is 257 g/mol. The molecule has 1 N–H and O–H groups in total. The summed E-state index contributed by atoms with van der Waals surface area (Å²) in [6, 6.07) is 4.01. The van der Waals surface area contributed by atoms with Gasteiger partial charge in [-0.05, 0) is 6.07 Å². The van der Waals surface area contributed by atoms with E-state index in [4.69, 9.17) is 16.7 Å². The summed E-state index contributed by atoms with van der Waals surface area (Å²) in [5, 5.41) is 7.80. The maximum atomic E-state index is 13.6. The molecule has 0 aromatic heterocycles. The molecule has 0 bridgehead atoms. The van der Waals surface area contributed by atoms with Crippen molar-refractivity contribution < 1.29 is 27.5 Å². The van der Waals surface area contributed by atoms with Crippen molar-refractivity contribution in [3.63, 3.8) is 0 Å². The molecule has 1 rings (SSSR count). The van der Waals surface area contributed by atoms with Crippen LogP contribution in [0.5, 0.6) is 0 Å². The van der Waals surface area contributed by atoms with Gasteiger partial charge in [-0.2, -0.15) is 13.2 Å². The van der Waals surface area contributed by atoms with Gasteiger partial charge >= 0.3 is 17.8 Å². The largest absolute Gasteiger partial charge is 0.478 e. The Morgan fingerprint density at radius 2 is 1.69 bits per heavy atom. The monoisotopic (exact) mass is 256 g/mol. The second-order valence-corrected chi connectivity index (χ2v) is 3.35. The Morgan fingerprint density at radius 1 is 1.19 bits per heavy atom. The third-order valence-electron chi connectivity index (χ3n) is 1.93. The number of alkyl halides is 4. The van der Waals surface area contributed by atoms with Crippen LogP contribution < -0.4 is 0 Å². The van der Waals surface area contributed by atoms with Gasteiger partial charge in [0.05, 0.1) is 0 Å². The van der Waals surface area contributed by atoms with Crippen LogP contribution in [0, 0.1) is 0 Å². The fourth-order valence-corrected chi connectivity index (χ4v) is 1.40. The highest BCUT2D eigenvalue weighted by Crippen LogP contribution is 2.45. The second-order valence-electron chi connectivity index (χ2n) is 2.94. The molecule has 0 aliphatic carbocycles. The first-order chi connectivity index (χ1) is 7.21. The molecule has 0 heterocycles. The lowest BCUT2D eigenvalue weighted by atomic mass is 9.95. The molecule has 1 unspecified atom stereocenters. The Balaban J connectivity index is 3.46. The first kappa shape index (κ1) is 12.8. The van der Waals surface area contributed by atoms with Crippen molar-refractivity contribution in [2.75, 3.05) is 0 Å². The number of hydrogen-bond acceptors (Lipinski definition) is 1. The molecule has 0 saturated carbocycles. The zero-order valence-electron chi connectivity index (χ0n) is 7.55. The van der Waals surface area contributed by atoms with E-state index in [2.05, 4.69) is 0 Å². The summed E-state index contributed by atoms with van der Waals surface area (Å²) in [7, 11) is 0. The van der Waals surface area contributed by atoms with Crippen LogP contribution in [0.1, 0.15) is 5.56 Å². The third-order valence-corrected chi connectivity index (χ3v) is 2.26. The van der Waals surface area contributed by atoms with E-state index in [0.29, 0.717) is 6.07 Å². The number of hydrogen-bond donors (Lipinski definition) is 1. The van der Waals surface area contributed by atoms with Crippen LogP contribution >= 0.6 is 11.6 Å². The van der Waals surface area contributed by atoms with E-state index in [1.54, 1.807) is 0 Å². The minimum atomic E-state index is -5.58. The molecule has 0 aliphatic heterocycles. The predicted octanol–water partition coefficient (Wildman–Crippen LogP) is 3.15. The lowest BCUT2D eigenvalue weighted by Gasteiger charge is -2.24. The first-order valence-corrected chi connectivity index (χ1v) is 4.33. The Morgan fingerprint density at radius 3 is 2.06 bits per heavy atom. The van der Waals surface area contributed by atoms with E-state index < -0.39 is 28.4 Å². The van der Waals surface area contributed by atoms with Crippen LogP contribution in [-0.2, 0) is 10.5 Å². The number of carbonyl (C=O) groups is 1. The van der Waals surface area contributed by atoms with Gasteiger partial charge < -0.3 is 5.11 Å². The van der Waals surface area contributed by atoms with E-state index in [9.17, 15) is 22.4 Å². The van der Waals surface area contributed by atoms with E-state index in [0.717, 1.165) is 12.1 Å². The van der Waals surface area contributed by atoms with Crippen molar-refractivity contribution in [2.45, 2.75) is 11.8 Å². The number of benzene rings is 1. The number of carboxylic acids is 1. The standard InChI is InChI=1S/C9H5ClF4O2/c10-6-4-2-1-3-5(6)8(11,7(15)16)9(12,13)14/h1-4H,(H,15,16). The predicted molar refractivity (Wildman–Crippen MR) is 47.9 cm³/mol. The van der Waals surface area contributed by atoms with Crippen LogP contribution in [0.2, 0.25) is 5.02 Å². The van der Waals surface area contributed by atoms with E-state index in [1.165, 1.54) is 6.07 Å². The van der Waals surface area contributed by atoms with Crippen LogP contribution in [-0.4, -0.2) is 17.3 Å². The van der Waals surface area contributed by atoms with Gasteiger partial charge in [0.15, 0.2) is 0 Å². The van der Waals surface area contributed by atoms with Crippen LogP contribution in [0.25, 0.3) is 0 Å². The Hall–Kier alpha value is -1.30. The molecule has 2 nitrogen and oxygen atoms in total. The van der Waals surface area contributed by atoms with Gasteiger partial charge in [-0.15, -0.1) is 0 Å². The molecule has 88 valence electrons. The SMILES string of the molecule is O=C(O)C(F)(c1ccccc1Cl)C(F)(F)F. The molecule has 1 aromatic rings. The van der Waals surface area contributed by atoms with Gasteiger partial charge in [0.2, 0.25) is 0 Å². The van der Waals surface area contributed by atoms with Crippen LogP contribution in [0.15, 0.2) is 24.3 Å². The van der Waals surface area contributed by atoms with Crippen molar-refractivity contribution in [1.29, 1.82) is 0 Å². The van der Waals surface area contributed by atoms with Gasteiger partial charge in [0, 0.05) is 10.6 Å². The molecule has 0 aliphatic rings. The van der Waals surface area contributed by atoms with Gasteiger partial charge in [-0.3, -0.25) is 0 Å². The van der Waals surface area contributed by atoms with Gasteiger partial charge in [-0.25, -0.2) is 9.18 Å². The molecular formula is C9H5ClF4O2. The molecule has 7 heteroatoms. The zero-order valence-corrected chi connectivity index (χ0v) is 8.31. The summed E-state index contributed by atoms with van der Waals surface area (Å²) < 4.78 is 50.8. The summed E-state index contributed by atoms with van der Waals surface area (Å²) in [6.45, 7) is 0. The number of aliphatic carboxylic acids is 1. The molecule has 0 radical (unpaired) electrons. The fourth-order valence-electron chi connectivity index (χ4n) is 1.13. The quantitative estimate of drug-likeness (QED) is 0.826. The van der Waals surface area contributed by atoms with E-state index >= 15 is 0 Å². The molecule has 1 aromatic carbocycles. The zero-order chi connectivity index (χ0) is 12.6.